The number of aromatic nitrogens is 2. The number of hydrogen-bond donors (Lipinski definition) is 2. The van der Waals surface area contributed by atoms with Gasteiger partial charge in [-0.3, -0.25) is 0 Å². The van der Waals surface area contributed by atoms with Gasteiger partial charge in [-0.1, -0.05) is 41.0 Å². The Balaban J connectivity index is 2.83. The van der Waals surface area contributed by atoms with Gasteiger partial charge < -0.3 is 11.1 Å². The smallest absolute Gasteiger partial charge is 0.138 e. The van der Waals surface area contributed by atoms with Crippen LogP contribution in [0.5, 0.6) is 0 Å². The van der Waals surface area contributed by atoms with Gasteiger partial charge in [-0.2, -0.15) is 0 Å². The first-order chi connectivity index (χ1) is 7.82. The highest BCUT2D eigenvalue weighted by Gasteiger charge is 2.18. The van der Waals surface area contributed by atoms with Crippen molar-refractivity contribution < 1.29 is 0 Å². The number of hydrogen-bond acceptors (Lipinski definition) is 4. The summed E-state index contributed by atoms with van der Waals surface area (Å²) >= 11 is 0. The van der Waals surface area contributed by atoms with E-state index in [4.69, 9.17) is 5.73 Å². The second-order valence-electron chi connectivity index (χ2n) is 5.65. The van der Waals surface area contributed by atoms with Crippen molar-refractivity contribution in [3.63, 3.8) is 0 Å². The highest BCUT2D eigenvalue weighted by Crippen LogP contribution is 2.21. The largest absolute Gasteiger partial charge is 0.384 e. The molecular weight excluding hydrogens is 212 g/mol. The van der Waals surface area contributed by atoms with Crippen LogP contribution in [0.1, 0.15) is 46.9 Å². The lowest BCUT2D eigenvalue weighted by atomic mass is 9.96. The molecule has 1 heterocycles. The molecule has 4 heteroatoms. The van der Waals surface area contributed by atoms with E-state index in [1.165, 1.54) is 0 Å². The van der Waals surface area contributed by atoms with Crippen molar-refractivity contribution in [1.29, 1.82) is 0 Å². The third-order valence-corrected chi connectivity index (χ3v) is 2.75. The lowest BCUT2D eigenvalue weighted by Gasteiger charge is -2.18. The second kappa shape index (κ2) is 5.34. The minimum Gasteiger partial charge on any atom is -0.384 e. The van der Waals surface area contributed by atoms with Crippen LogP contribution in [0.3, 0.4) is 0 Å². The van der Waals surface area contributed by atoms with Crippen LogP contribution in [-0.4, -0.2) is 16.5 Å². The molecule has 1 aromatic heterocycles. The summed E-state index contributed by atoms with van der Waals surface area (Å²) in [6, 6.07) is 1.79. The van der Waals surface area contributed by atoms with E-state index in [-0.39, 0.29) is 5.41 Å². The van der Waals surface area contributed by atoms with Gasteiger partial charge in [0.1, 0.15) is 17.5 Å². The van der Waals surface area contributed by atoms with Gasteiger partial charge in [0.15, 0.2) is 0 Å². The molecule has 1 aromatic rings. The molecule has 0 bridgehead atoms. The van der Waals surface area contributed by atoms with Crippen molar-refractivity contribution in [2.45, 2.75) is 46.5 Å². The van der Waals surface area contributed by atoms with Crippen molar-refractivity contribution in [1.82, 2.24) is 9.97 Å². The summed E-state index contributed by atoms with van der Waals surface area (Å²) in [6.45, 7) is 11.6. The van der Waals surface area contributed by atoms with Gasteiger partial charge in [-0.25, -0.2) is 9.97 Å². The Morgan fingerprint density at radius 1 is 1.35 bits per heavy atom. The predicted molar refractivity (Wildman–Crippen MR) is 73.1 cm³/mol. The van der Waals surface area contributed by atoms with E-state index >= 15 is 0 Å². The summed E-state index contributed by atoms with van der Waals surface area (Å²) in [6.07, 6.45) is 1.15. The average molecular weight is 236 g/mol. The van der Waals surface area contributed by atoms with E-state index in [0.717, 1.165) is 24.6 Å². The van der Waals surface area contributed by atoms with Gasteiger partial charge in [0.2, 0.25) is 0 Å². The number of nitrogens with two attached hydrogens (primary N) is 1. The normalized spacial score (nSPS) is 13.5. The molecule has 3 N–H and O–H groups in total. The molecule has 0 saturated carbocycles. The highest BCUT2D eigenvalue weighted by molar-refractivity contribution is 5.45. The Morgan fingerprint density at radius 3 is 2.53 bits per heavy atom. The molecule has 0 amide bonds. The lowest BCUT2D eigenvalue weighted by molar-refractivity contribution is 0.545. The third kappa shape index (κ3) is 4.21. The first-order valence-electron chi connectivity index (χ1n) is 6.21. The summed E-state index contributed by atoms with van der Waals surface area (Å²) in [7, 11) is 0. The third-order valence-electron chi connectivity index (χ3n) is 2.75. The monoisotopic (exact) mass is 236 g/mol. The molecule has 0 fully saturated rings. The quantitative estimate of drug-likeness (QED) is 0.843. The van der Waals surface area contributed by atoms with Gasteiger partial charge in [0.05, 0.1) is 0 Å². The SMILES string of the molecule is CCC(C)CNc1cc(N)nc(C(C)(C)C)n1. The molecule has 1 rings (SSSR count). The molecule has 0 spiro atoms. The maximum atomic E-state index is 5.80. The zero-order chi connectivity index (χ0) is 13.1. The van der Waals surface area contributed by atoms with Crippen LogP contribution in [0.4, 0.5) is 11.6 Å². The van der Waals surface area contributed by atoms with Crippen LogP contribution in [-0.2, 0) is 5.41 Å². The zero-order valence-corrected chi connectivity index (χ0v) is 11.5. The Kier molecular flexibility index (Phi) is 4.32. The van der Waals surface area contributed by atoms with Crippen molar-refractivity contribution in [3.8, 4) is 0 Å². The summed E-state index contributed by atoms with van der Waals surface area (Å²) in [5.41, 5.74) is 5.72. The average Bonchev–Trinajstić information content (AvgIpc) is 2.24. The number of anilines is 2. The molecule has 1 unspecified atom stereocenters. The fourth-order valence-corrected chi connectivity index (χ4v) is 1.32. The molecule has 4 nitrogen and oxygen atoms in total. The first kappa shape index (κ1) is 13.7. The Morgan fingerprint density at radius 2 is 2.00 bits per heavy atom. The van der Waals surface area contributed by atoms with E-state index in [9.17, 15) is 0 Å². The van der Waals surface area contributed by atoms with Crippen LogP contribution in [0.25, 0.3) is 0 Å². The standard InChI is InChI=1S/C13H24N4/c1-6-9(2)8-15-11-7-10(14)16-12(17-11)13(3,4)5/h7,9H,6,8H2,1-5H3,(H3,14,15,16,17). The molecule has 0 aromatic carbocycles. The maximum Gasteiger partial charge on any atom is 0.138 e. The van der Waals surface area contributed by atoms with Crippen molar-refractivity contribution in [3.05, 3.63) is 11.9 Å². The minimum absolute atomic E-state index is 0.0812. The second-order valence-corrected chi connectivity index (χ2v) is 5.65. The van der Waals surface area contributed by atoms with Crippen molar-refractivity contribution in [2.24, 2.45) is 5.92 Å². The summed E-state index contributed by atoms with van der Waals surface area (Å²) in [5, 5.41) is 3.32. The molecule has 0 aliphatic carbocycles. The van der Waals surface area contributed by atoms with Gasteiger partial charge in [-0.15, -0.1) is 0 Å². The molecule has 96 valence electrons. The number of nitrogens with zero attached hydrogens (tertiary/aromatic N) is 2. The van der Waals surface area contributed by atoms with Gasteiger partial charge in [0.25, 0.3) is 0 Å². The number of nitrogen functional groups attached to an aromatic ring is 1. The summed E-state index contributed by atoms with van der Waals surface area (Å²) < 4.78 is 0. The Bertz CT molecular complexity index is 368. The molecule has 17 heavy (non-hydrogen) atoms. The first-order valence-corrected chi connectivity index (χ1v) is 6.21. The zero-order valence-electron chi connectivity index (χ0n) is 11.5. The maximum absolute atomic E-state index is 5.80. The van der Waals surface area contributed by atoms with E-state index in [2.05, 4.69) is 49.9 Å². The fraction of sp³-hybridized carbons (Fsp3) is 0.692. The van der Waals surface area contributed by atoms with E-state index in [0.29, 0.717) is 11.7 Å². The number of rotatable bonds is 4. The molecule has 0 saturated heterocycles. The Labute approximate surface area is 104 Å². The van der Waals surface area contributed by atoms with Crippen LogP contribution in [0.2, 0.25) is 0 Å². The summed E-state index contributed by atoms with van der Waals surface area (Å²) in [4.78, 5) is 8.79. The van der Waals surface area contributed by atoms with Gasteiger partial charge in [-0.05, 0) is 5.92 Å². The van der Waals surface area contributed by atoms with Crippen LogP contribution in [0.15, 0.2) is 6.07 Å². The Hall–Kier alpha value is -1.32. The number of nitrogens with one attached hydrogen (secondary N) is 1. The molecule has 0 aliphatic heterocycles. The van der Waals surface area contributed by atoms with E-state index in [1.807, 2.05) is 0 Å². The van der Waals surface area contributed by atoms with Crippen molar-refractivity contribution >= 4 is 11.6 Å². The van der Waals surface area contributed by atoms with Crippen LogP contribution in [0, 0.1) is 5.92 Å². The predicted octanol–water partition coefficient (Wildman–Crippen LogP) is 2.81. The van der Waals surface area contributed by atoms with Crippen LogP contribution >= 0.6 is 0 Å². The van der Waals surface area contributed by atoms with Gasteiger partial charge in [0, 0.05) is 18.0 Å². The lowest BCUT2D eigenvalue weighted by Crippen LogP contribution is -2.19. The molecule has 0 aliphatic rings. The topological polar surface area (TPSA) is 63.8 Å². The fourth-order valence-electron chi connectivity index (χ4n) is 1.32. The molecule has 0 radical (unpaired) electrons. The highest BCUT2D eigenvalue weighted by atomic mass is 15.1. The van der Waals surface area contributed by atoms with Crippen molar-refractivity contribution in [2.75, 3.05) is 17.6 Å². The molecular formula is C13H24N4. The van der Waals surface area contributed by atoms with E-state index < -0.39 is 0 Å². The van der Waals surface area contributed by atoms with Gasteiger partial charge >= 0.3 is 0 Å². The van der Waals surface area contributed by atoms with E-state index in [1.54, 1.807) is 6.07 Å². The minimum atomic E-state index is -0.0812. The molecule has 1 atom stereocenters. The summed E-state index contributed by atoms with van der Waals surface area (Å²) in [5.74, 6) is 2.76. The van der Waals surface area contributed by atoms with Crippen LogP contribution < -0.4 is 11.1 Å².